The van der Waals surface area contributed by atoms with Crippen molar-refractivity contribution in [1.82, 2.24) is 40.7 Å². The van der Waals surface area contributed by atoms with Crippen molar-refractivity contribution < 1.29 is 19.5 Å². The second kappa shape index (κ2) is 16.4. The molecule has 0 aliphatic carbocycles. The van der Waals surface area contributed by atoms with E-state index in [0.29, 0.717) is 0 Å². The number of β-amino-alcohol motifs (C(OH)–C–C–N with tert-alkyl or cyclic N) is 1. The van der Waals surface area contributed by atoms with Crippen LogP contribution in [0, 0.1) is 18.3 Å². The van der Waals surface area contributed by atoms with Gasteiger partial charge in [0.25, 0.3) is 5.91 Å². The van der Waals surface area contributed by atoms with E-state index in [4.69, 9.17) is 0 Å². The highest BCUT2D eigenvalue weighted by atomic mass is 32.1. The Morgan fingerprint density at radius 1 is 1.00 bits per heavy atom. The number of carbonyl (C=O) groups excluding carboxylic acids is 3. The number of rotatable bonds is 10. The number of nitrogens with zero attached hydrogens (tertiary/aromatic N) is 6. The summed E-state index contributed by atoms with van der Waals surface area (Å²) in [7, 11) is 0. The summed E-state index contributed by atoms with van der Waals surface area (Å²) in [6.45, 7) is 16.4. The van der Waals surface area contributed by atoms with Crippen LogP contribution in [0.2, 0.25) is 0 Å². The number of anilines is 1. The molecule has 3 aromatic rings. The summed E-state index contributed by atoms with van der Waals surface area (Å²) in [6, 6.07) is 5.79. The molecule has 4 atom stereocenters. The van der Waals surface area contributed by atoms with Crippen LogP contribution >= 0.6 is 11.3 Å². The smallest absolute Gasteiger partial charge is 0.272 e. The van der Waals surface area contributed by atoms with Crippen LogP contribution in [0.15, 0.2) is 42.2 Å². The summed E-state index contributed by atoms with van der Waals surface area (Å²) >= 11 is 1.58. The van der Waals surface area contributed by atoms with Crippen LogP contribution in [0.4, 0.5) is 5.82 Å². The molecule has 3 saturated heterocycles. The lowest BCUT2D eigenvalue weighted by Gasteiger charge is -2.37. The van der Waals surface area contributed by atoms with Crippen molar-refractivity contribution >= 4 is 34.9 Å². The maximum atomic E-state index is 14.1. The predicted octanol–water partition coefficient (Wildman–Crippen LogP) is 3.01. The number of piperidine rings is 1. The Balaban J connectivity index is 1.06. The average molecular weight is 732 g/mol. The van der Waals surface area contributed by atoms with E-state index < -0.39 is 35.4 Å². The second-order valence-corrected chi connectivity index (χ2v) is 16.4. The van der Waals surface area contributed by atoms with Crippen LogP contribution in [0.1, 0.15) is 74.7 Å². The van der Waals surface area contributed by atoms with Crippen molar-refractivity contribution in [2.24, 2.45) is 11.3 Å². The van der Waals surface area contributed by atoms with Crippen molar-refractivity contribution in [2.75, 3.05) is 57.3 Å². The molecule has 4 N–H and O–H groups in total. The Morgan fingerprint density at radius 2 is 1.71 bits per heavy atom. The minimum atomic E-state index is -0.977. The van der Waals surface area contributed by atoms with Crippen LogP contribution in [-0.2, 0) is 9.59 Å². The van der Waals surface area contributed by atoms with Crippen molar-refractivity contribution in [3.05, 3.63) is 59.1 Å². The number of piperazine rings is 1. The molecule has 13 nitrogen and oxygen atoms in total. The van der Waals surface area contributed by atoms with Crippen LogP contribution in [0.25, 0.3) is 10.4 Å². The lowest BCUT2D eigenvalue weighted by Crippen LogP contribution is -2.58. The number of nitrogens with one attached hydrogen (secondary N) is 3. The number of hydrogen-bond donors (Lipinski definition) is 4. The van der Waals surface area contributed by atoms with Gasteiger partial charge in [-0.2, -0.15) is 0 Å². The van der Waals surface area contributed by atoms with Crippen LogP contribution in [-0.4, -0.2) is 118 Å². The third-order valence-corrected chi connectivity index (χ3v) is 11.6. The molecule has 2 aromatic heterocycles. The first-order valence-corrected chi connectivity index (χ1v) is 19.4. The standard InChI is InChI=1S/C38H53N9O4S/c1-24(27-6-8-28(9-7-27)33-25(2)42-23-52-33)43-36(50)31-18-29(48)22-47(31)37(51)34(38(3,4)5)44-35(49)30-19-41-32(20-40-30)46-16-14-45(15-17-46)21-26-10-12-39-13-11-26/h6-9,19-20,23-24,26,29,31,34,39,48H,10-18,21-22H2,1-5H3,(H,43,50)(H,44,49)/t24?,29-,31+,34?/m1/s1. The predicted molar refractivity (Wildman–Crippen MR) is 202 cm³/mol. The van der Waals surface area contributed by atoms with E-state index in [1.54, 1.807) is 17.5 Å². The van der Waals surface area contributed by atoms with E-state index in [-0.39, 0.29) is 30.6 Å². The van der Waals surface area contributed by atoms with Gasteiger partial charge < -0.3 is 30.9 Å². The van der Waals surface area contributed by atoms with Crippen LogP contribution < -0.4 is 20.9 Å². The van der Waals surface area contributed by atoms with Gasteiger partial charge in [-0.15, -0.1) is 11.3 Å². The van der Waals surface area contributed by atoms with Gasteiger partial charge in [0.1, 0.15) is 23.6 Å². The molecule has 0 radical (unpaired) electrons. The quantitative estimate of drug-likeness (QED) is 0.245. The number of thiazole rings is 1. The molecule has 6 rings (SSSR count). The lowest BCUT2D eigenvalue weighted by atomic mass is 9.85. The number of hydrogen-bond acceptors (Lipinski definition) is 11. The molecule has 3 aliphatic rings. The van der Waals surface area contributed by atoms with Crippen molar-refractivity contribution in [3.63, 3.8) is 0 Å². The molecule has 1 aromatic carbocycles. The molecule has 3 fully saturated rings. The van der Waals surface area contributed by atoms with Gasteiger partial charge >= 0.3 is 0 Å². The number of likely N-dealkylation sites (tertiary alicyclic amines) is 1. The molecular formula is C38H53N9O4S. The van der Waals surface area contributed by atoms with E-state index in [0.717, 1.165) is 79.2 Å². The topological polar surface area (TPSA) is 156 Å². The number of aliphatic hydroxyl groups excluding tert-OH is 1. The van der Waals surface area contributed by atoms with E-state index in [1.165, 1.54) is 23.9 Å². The summed E-state index contributed by atoms with van der Waals surface area (Å²) in [5.41, 5.74) is 4.18. The third kappa shape index (κ3) is 8.96. The number of aliphatic hydroxyl groups is 1. The molecule has 0 bridgehead atoms. The Bertz CT molecular complexity index is 1680. The molecule has 3 aliphatic heterocycles. The normalized spacial score (nSPS) is 21.5. The fourth-order valence-corrected chi connectivity index (χ4v) is 8.22. The zero-order valence-corrected chi connectivity index (χ0v) is 31.8. The molecule has 0 spiro atoms. The number of carbonyl (C=O) groups is 3. The minimum absolute atomic E-state index is 0.00369. The maximum absolute atomic E-state index is 14.1. The maximum Gasteiger partial charge on any atom is 0.272 e. The first-order valence-electron chi connectivity index (χ1n) is 18.5. The summed E-state index contributed by atoms with van der Waals surface area (Å²) in [6.07, 6.45) is 4.79. The monoisotopic (exact) mass is 731 g/mol. The van der Waals surface area contributed by atoms with Gasteiger partial charge in [0.15, 0.2) is 0 Å². The molecule has 52 heavy (non-hydrogen) atoms. The van der Waals surface area contributed by atoms with Gasteiger partial charge in [0.05, 0.1) is 40.6 Å². The zero-order chi connectivity index (χ0) is 37.0. The van der Waals surface area contributed by atoms with Crippen LogP contribution in [0.5, 0.6) is 0 Å². The number of benzene rings is 1. The fourth-order valence-electron chi connectivity index (χ4n) is 7.41. The molecule has 280 valence electrons. The van der Waals surface area contributed by atoms with Gasteiger partial charge in [0.2, 0.25) is 11.8 Å². The Kier molecular flexibility index (Phi) is 11.9. The van der Waals surface area contributed by atoms with Crippen LogP contribution in [0.3, 0.4) is 0 Å². The van der Waals surface area contributed by atoms with Crippen molar-refractivity contribution in [2.45, 2.75) is 78.1 Å². The van der Waals surface area contributed by atoms with Gasteiger partial charge in [-0.1, -0.05) is 45.0 Å². The molecule has 5 heterocycles. The summed E-state index contributed by atoms with van der Waals surface area (Å²) in [5, 5.41) is 20.0. The third-order valence-electron chi connectivity index (χ3n) is 10.6. The highest BCUT2D eigenvalue weighted by Gasteiger charge is 2.45. The minimum Gasteiger partial charge on any atom is -0.391 e. The van der Waals surface area contributed by atoms with Gasteiger partial charge in [-0.25, -0.2) is 15.0 Å². The van der Waals surface area contributed by atoms with Crippen molar-refractivity contribution in [3.8, 4) is 10.4 Å². The van der Waals surface area contributed by atoms with E-state index in [1.807, 2.05) is 64.4 Å². The highest BCUT2D eigenvalue weighted by Crippen LogP contribution is 2.30. The Labute approximate surface area is 310 Å². The Hall–Kier alpha value is -3.98. The first kappa shape index (κ1) is 37.8. The average Bonchev–Trinajstić information content (AvgIpc) is 3.75. The first-order chi connectivity index (χ1) is 24.9. The van der Waals surface area contributed by atoms with Crippen molar-refractivity contribution in [1.29, 1.82) is 0 Å². The van der Waals surface area contributed by atoms with Gasteiger partial charge in [-0.3, -0.25) is 19.3 Å². The molecule has 2 unspecified atom stereocenters. The number of amides is 3. The summed E-state index contributed by atoms with van der Waals surface area (Å²) in [4.78, 5) is 61.8. The van der Waals surface area contributed by atoms with Gasteiger partial charge in [-0.05, 0) is 62.2 Å². The summed E-state index contributed by atoms with van der Waals surface area (Å²) < 4.78 is 0. The Morgan fingerprint density at radius 3 is 2.33 bits per heavy atom. The lowest BCUT2D eigenvalue weighted by molar-refractivity contribution is -0.142. The largest absolute Gasteiger partial charge is 0.391 e. The molecule has 0 saturated carbocycles. The molecule has 3 amide bonds. The zero-order valence-electron chi connectivity index (χ0n) is 31.0. The highest BCUT2D eigenvalue weighted by molar-refractivity contribution is 7.13. The second-order valence-electron chi connectivity index (χ2n) is 15.5. The molecule has 14 heteroatoms. The summed E-state index contributed by atoms with van der Waals surface area (Å²) in [5.74, 6) is 0.172. The van der Waals surface area contributed by atoms with Gasteiger partial charge in [0, 0.05) is 45.7 Å². The number of aryl methyl sites for hydroxylation is 1. The van der Waals surface area contributed by atoms with E-state index in [9.17, 15) is 19.5 Å². The number of aromatic nitrogens is 3. The van der Waals surface area contributed by atoms with E-state index >= 15 is 0 Å². The molecular weight excluding hydrogens is 679 g/mol. The fraction of sp³-hybridized carbons (Fsp3) is 0.579. The van der Waals surface area contributed by atoms with E-state index in [2.05, 4.69) is 40.7 Å². The SMILES string of the molecule is Cc1ncsc1-c1ccc(C(C)NC(=O)[C@@H]2C[C@@H](O)CN2C(=O)C(NC(=O)c2cnc(N3CCN(CC4CCNCC4)CC3)cn2)C(C)(C)C)cc1.